The van der Waals surface area contributed by atoms with Crippen molar-refractivity contribution in [1.29, 1.82) is 0 Å². The van der Waals surface area contributed by atoms with E-state index in [2.05, 4.69) is 23.4 Å². The van der Waals surface area contributed by atoms with Crippen molar-refractivity contribution in [3.05, 3.63) is 36.2 Å². The SMILES string of the molecule is CNC(C)c1c(OC)cccc1Sc1cnn(C)c1. The first kappa shape index (κ1) is 14.0. The molecule has 19 heavy (non-hydrogen) atoms. The maximum atomic E-state index is 5.48. The Balaban J connectivity index is 2.38. The molecule has 1 N–H and O–H groups in total. The number of hydrogen-bond acceptors (Lipinski definition) is 4. The number of methoxy groups -OCH3 is 1. The molecule has 1 heterocycles. The highest BCUT2D eigenvalue weighted by Gasteiger charge is 2.16. The second-order valence-corrected chi connectivity index (χ2v) is 5.45. The summed E-state index contributed by atoms with van der Waals surface area (Å²) in [4.78, 5) is 2.31. The summed E-state index contributed by atoms with van der Waals surface area (Å²) >= 11 is 1.70. The third-order valence-corrected chi connectivity index (χ3v) is 4.04. The Kier molecular flexibility index (Phi) is 4.50. The van der Waals surface area contributed by atoms with Gasteiger partial charge in [0.1, 0.15) is 5.75 Å². The van der Waals surface area contributed by atoms with E-state index in [0.29, 0.717) is 0 Å². The van der Waals surface area contributed by atoms with E-state index in [1.807, 2.05) is 43.3 Å². The van der Waals surface area contributed by atoms with E-state index >= 15 is 0 Å². The van der Waals surface area contributed by atoms with Gasteiger partial charge in [0, 0.05) is 29.7 Å². The van der Waals surface area contributed by atoms with E-state index in [1.54, 1.807) is 18.9 Å². The van der Waals surface area contributed by atoms with E-state index < -0.39 is 0 Å². The lowest BCUT2D eigenvalue weighted by Gasteiger charge is -2.18. The van der Waals surface area contributed by atoms with Crippen LogP contribution in [0.15, 0.2) is 40.4 Å². The molecule has 0 radical (unpaired) electrons. The topological polar surface area (TPSA) is 39.1 Å². The molecule has 0 aliphatic rings. The van der Waals surface area contributed by atoms with Crippen LogP contribution in [0.4, 0.5) is 0 Å². The maximum Gasteiger partial charge on any atom is 0.124 e. The third-order valence-electron chi connectivity index (χ3n) is 3.02. The average molecular weight is 277 g/mol. The summed E-state index contributed by atoms with van der Waals surface area (Å²) in [7, 11) is 5.59. The minimum absolute atomic E-state index is 0.232. The van der Waals surface area contributed by atoms with Crippen molar-refractivity contribution in [2.75, 3.05) is 14.2 Å². The summed E-state index contributed by atoms with van der Waals surface area (Å²) in [6.45, 7) is 2.13. The second-order valence-electron chi connectivity index (χ2n) is 4.33. The minimum atomic E-state index is 0.232. The Labute approximate surface area is 118 Å². The van der Waals surface area contributed by atoms with E-state index in [9.17, 15) is 0 Å². The fraction of sp³-hybridized carbons (Fsp3) is 0.357. The summed E-state index contributed by atoms with van der Waals surface area (Å²) in [5, 5.41) is 7.47. The molecule has 0 saturated carbocycles. The van der Waals surface area contributed by atoms with E-state index in [0.717, 1.165) is 10.6 Å². The number of nitrogens with zero attached hydrogens (tertiary/aromatic N) is 2. The van der Waals surface area contributed by atoms with Crippen LogP contribution in [-0.2, 0) is 7.05 Å². The Bertz CT molecular complexity index is 553. The van der Waals surface area contributed by atoms with Crippen molar-refractivity contribution >= 4 is 11.8 Å². The minimum Gasteiger partial charge on any atom is -0.496 e. The number of ether oxygens (including phenoxy) is 1. The van der Waals surface area contributed by atoms with Gasteiger partial charge < -0.3 is 10.1 Å². The molecule has 4 nitrogen and oxygen atoms in total. The van der Waals surface area contributed by atoms with Gasteiger partial charge in [0.15, 0.2) is 0 Å². The van der Waals surface area contributed by atoms with Gasteiger partial charge in [-0.15, -0.1) is 0 Å². The van der Waals surface area contributed by atoms with Gasteiger partial charge >= 0.3 is 0 Å². The molecule has 0 bridgehead atoms. The first-order valence-electron chi connectivity index (χ1n) is 6.16. The highest BCUT2D eigenvalue weighted by Crippen LogP contribution is 2.37. The van der Waals surface area contributed by atoms with Crippen molar-refractivity contribution in [1.82, 2.24) is 15.1 Å². The van der Waals surface area contributed by atoms with E-state index in [1.165, 1.54) is 10.5 Å². The van der Waals surface area contributed by atoms with Crippen LogP contribution in [0.5, 0.6) is 5.75 Å². The normalized spacial score (nSPS) is 12.4. The zero-order valence-electron chi connectivity index (χ0n) is 11.7. The molecule has 0 aliphatic heterocycles. The van der Waals surface area contributed by atoms with Crippen molar-refractivity contribution in [2.45, 2.75) is 22.8 Å². The number of aromatic nitrogens is 2. The lowest BCUT2D eigenvalue weighted by atomic mass is 10.1. The molecule has 0 fully saturated rings. The molecular weight excluding hydrogens is 258 g/mol. The van der Waals surface area contributed by atoms with Gasteiger partial charge in [0.25, 0.3) is 0 Å². The average Bonchev–Trinajstić information content (AvgIpc) is 2.83. The molecule has 2 rings (SSSR count). The molecule has 2 aromatic rings. The maximum absolute atomic E-state index is 5.48. The van der Waals surface area contributed by atoms with Gasteiger partial charge in [-0.25, -0.2) is 0 Å². The van der Waals surface area contributed by atoms with Gasteiger partial charge in [0.2, 0.25) is 0 Å². The highest BCUT2D eigenvalue weighted by molar-refractivity contribution is 7.99. The molecule has 0 amide bonds. The quantitative estimate of drug-likeness (QED) is 0.912. The molecule has 5 heteroatoms. The van der Waals surface area contributed by atoms with Gasteiger partial charge in [-0.05, 0) is 26.1 Å². The van der Waals surface area contributed by atoms with E-state index in [4.69, 9.17) is 4.74 Å². The standard InChI is InChI=1S/C14H19N3OS/c1-10(15-2)14-12(18-4)6-5-7-13(14)19-11-8-16-17(3)9-11/h5-10,15H,1-4H3. The second kappa shape index (κ2) is 6.12. The van der Waals surface area contributed by atoms with Crippen molar-refractivity contribution in [3.63, 3.8) is 0 Å². The number of hydrogen-bond donors (Lipinski definition) is 1. The molecule has 1 aromatic heterocycles. The molecule has 102 valence electrons. The van der Waals surface area contributed by atoms with Gasteiger partial charge in [0.05, 0.1) is 18.2 Å². The van der Waals surface area contributed by atoms with Crippen LogP contribution >= 0.6 is 11.8 Å². The Morgan fingerprint density at radius 2 is 2.21 bits per heavy atom. The molecule has 0 spiro atoms. The van der Waals surface area contributed by atoms with Crippen LogP contribution in [0, 0.1) is 0 Å². The summed E-state index contributed by atoms with van der Waals surface area (Å²) in [5.41, 5.74) is 1.18. The predicted octanol–water partition coefficient (Wildman–Crippen LogP) is 2.86. The first-order chi connectivity index (χ1) is 9.15. The third kappa shape index (κ3) is 3.11. The molecular formula is C14H19N3OS. The van der Waals surface area contributed by atoms with Crippen molar-refractivity contribution < 1.29 is 4.74 Å². The zero-order valence-corrected chi connectivity index (χ0v) is 12.5. The van der Waals surface area contributed by atoms with Crippen LogP contribution in [0.2, 0.25) is 0 Å². The van der Waals surface area contributed by atoms with Gasteiger partial charge in [-0.2, -0.15) is 5.10 Å². The largest absolute Gasteiger partial charge is 0.496 e. The van der Waals surface area contributed by atoms with Crippen LogP contribution < -0.4 is 10.1 Å². The fourth-order valence-electron chi connectivity index (χ4n) is 1.94. The molecule has 0 aliphatic carbocycles. The Hall–Kier alpha value is -1.46. The summed E-state index contributed by atoms with van der Waals surface area (Å²) in [5.74, 6) is 0.913. The Morgan fingerprint density at radius 3 is 2.79 bits per heavy atom. The molecule has 0 saturated heterocycles. The van der Waals surface area contributed by atoms with Crippen LogP contribution in [0.3, 0.4) is 0 Å². The predicted molar refractivity (Wildman–Crippen MR) is 77.8 cm³/mol. The summed E-state index contributed by atoms with van der Waals surface area (Å²) < 4.78 is 7.29. The van der Waals surface area contributed by atoms with Crippen LogP contribution in [0.25, 0.3) is 0 Å². The molecule has 1 atom stereocenters. The molecule has 1 unspecified atom stereocenters. The first-order valence-corrected chi connectivity index (χ1v) is 6.98. The monoisotopic (exact) mass is 277 g/mol. The smallest absolute Gasteiger partial charge is 0.124 e. The molecule has 1 aromatic carbocycles. The number of aryl methyl sites for hydroxylation is 1. The zero-order chi connectivity index (χ0) is 13.8. The highest BCUT2D eigenvalue weighted by atomic mass is 32.2. The summed E-state index contributed by atoms with van der Waals surface area (Å²) in [6, 6.07) is 6.36. The van der Waals surface area contributed by atoms with Crippen molar-refractivity contribution in [2.24, 2.45) is 7.05 Å². The lowest BCUT2D eigenvalue weighted by molar-refractivity contribution is 0.401. The van der Waals surface area contributed by atoms with Gasteiger partial charge in [-0.3, -0.25) is 4.68 Å². The lowest BCUT2D eigenvalue weighted by Crippen LogP contribution is -2.14. The van der Waals surface area contributed by atoms with Crippen LogP contribution in [0.1, 0.15) is 18.5 Å². The van der Waals surface area contributed by atoms with Crippen molar-refractivity contribution in [3.8, 4) is 5.75 Å². The fourth-order valence-corrected chi connectivity index (χ4v) is 3.03. The van der Waals surface area contributed by atoms with E-state index in [-0.39, 0.29) is 6.04 Å². The van der Waals surface area contributed by atoms with Crippen LogP contribution in [-0.4, -0.2) is 23.9 Å². The summed E-state index contributed by atoms with van der Waals surface area (Å²) in [6.07, 6.45) is 3.88. The van der Waals surface area contributed by atoms with Gasteiger partial charge in [-0.1, -0.05) is 17.8 Å². The number of benzene rings is 1. The number of nitrogens with one attached hydrogen (secondary N) is 1. The number of rotatable bonds is 5. The Morgan fingerprint density at radius 1 is 1.42 bits per heavy atom.